The van der Waals surface area contributed by atoms with Crippen molar-refractivity contribution in [3.63, 3.8) is 0 Å². The molecule has 0 bridgehead atoms. The Kier molecular flexibility index (Phi) is 3.59. The first-order chi connectivity index (χ1) is 7.35. The molecule has 0 spiro atoms. The third-order valence-electron chi connectivity index (χ3n) is 2.46. The van der Waals surface area contributed by atoms with Gasteiger partial charge in [-0.05, 0) is 30.5 Å². The van der Waals surface area contributed by atoms with Gasteiger partial charge >= 0.3 is 0 Å². The van der Waals surface area contributed by atoms with E-state index in [-0.39, 0.29) is 11.1 Å². The number of nitro benzene ring substituents is 1. The molecule has 0 fully saturated rings. The van der Waals surface area contributed by atoms with E-state index < -0.39 is 10.7 Å². The molecule has 0 aliphatic rings. The number of nitro groups is 1. The molecule has 0 saturated carbocycles. The molecular weight excluding hydrogens is 211 g/mol. The quantitative estimate of drug-likeness (QED) is 0.632. The number of nitrogens with zero attached hydrogens (tertiary/aromatic N) is 1. The summed E-state index contributed by atoms with van der Waals surface area (Å²) in [5.41, 5.74) is 5.61. The Balaban J connectivity index is 3.10. The van der Waals surface area contributed by atoms with Crippen LogP contribution in [0, 0.1) is 21.3 Å². The molecule has 0 saturated heterocycles. The summed E-state index contributed by atoms with van der Waals surface area (Å²) in [6.45, 7) is 4.17. The van der Waals surface area contributed by atoms with E-state index in [4.69, 9.17) is 5.73 Å². The van der Waals surface area contributed by atoms with Gasteiger partial charge in [-0.1, -0.05) is 13.8 Å². The molecule has 16 heavy (non-hydrogen) atoms. The van der Waals surface area contributed by atoms with Crippen LogP contribution in [0.4, 0.5) is 10.1 Å². The Labute approximate surface area is 93.4 Å². The second kappa shape index (κ2) is 4.57. The van der Waals surface area contributed by atoms with Crippen molar-refractivity contribution in [1.29, 1.82) is 0 Å². The molecule has 0 aromatic heterocycles. The predicted molar refractivity (Wildman–Crippen MR) is 59.6 cm³/mol. The third-order valence-corrected chi connectivity index (χ3v) is 2.46. The number of halogens is 1. The van der Waals surface area contributed by atoms with E-state index in [1.54, 1.807) is 0 Å². The lowest BCUT2D eigenvalue weighted by atomic mass is 9.85. The molecule has 88 valence electrons. The van der Waals surface area contributed by atoms with Gasteiger partial charge in [0.2, 0.25) is 0 Å². The van der Waals surface area contributed by atoms with E-state index >= 15 is 0 Å². The molecule has 1 aromatic rings. The highest BCUT2D eigenvalue weighted by Gasteiger charge is 2.22. The Morgan fingerprint density at radius 3 is 2.62 bits per heavy atom. The SMILES string of the molecule is CC(C)(CN)Cc1cc(F)ccc1[N+](=O)[O-]. The van der Waals surface area contributed by atoms with Gasteiger partial charge in [-0.15, -0.1) is 0 Å². The van der Waals surface area contributed by atoms with Gasteiger partial charge in [0, 0.05) is 11.6 Å². The standard InChI is InChI=1S/C11H15FN2O2/c1-11(2,7-13)6-8-5-9(12)3-4-10(8)14(15)16/h3-5H,6-7,13H2,1-2H3. The average Bonchev–Trinajstić information content (AvgIpc) is 2.16. The van der Waals surface area contributed by atoms with Gasteiger partial charge in [-0.2, -0.15) is 0 Å². The van der Waals surface area contributed by atoms with Gasteiger partial charge in [-0.3, -0.25) is 10.1 Å². The molecule has 1 aromatic carbocycles. The fraction of sp³-hybridized carbons (Fsp3) is 0.455. The molecule has 4 nitrogen and oxygen atoms in total. The first kappa shape index (κ1) is 12.6. The van der Waals surface area contributed by atoms with E-state index in [2.05, 4.69) is 0 Å². The fourth-order valence-corrected chi connectivity index (χ4v) is 1.46. The van der Waals surface area contributed by atoms with Crippen LogP contribution < -0.4 is 5.73 Å². The molecule has 0 aliphatic heterocycles. The van der Waals surface area contributed by atoms with E-state index in [1.807, 2.05) is 13.8 Å². The van der Waals surface area contributed by atoms with E-state index in [0.717, 1.165) is 6.07 Å². The maximum absolute atomic E-state index is 13.0. The van der Waals surface area contributed by atoms with Gasteiger partial charge in [0.25, 0.3) is 5.69 Å². The molecule has 0 atom stereocenters. The fourth-order valence-electron chi connectivity index (χ4n) is 1.46. The Bertz CT molecular complexity index is 405. The van der Waals surface area contributed by atoms with Crippen molar-refractivity contribution in [2.24, 2.45) is 11.1 Å². The normalized spacial score (nSPS) is 11.5. The summed E-state index contributed by atoms with van der Waals surface area (Å²) in [5, 5.41) is 10.8. The number of benzene rings is 1. The zero-order valence-corrected chi connectivity index (χ0v) is 9.37. The van der Waals surface area contributed by atoms with Crippen LogP contribution in [-0.2, 0) is 6.42 Å². The molecule has 0 heterocycles. The Morgan fingerprint density at radius 2 is 2.12 bits per heavy atom. The Hall–Kier alpha value is -1.49. The van der Waals surface area contributed by atoms with Crippen molar-refractivity contribution < 1.29 is 9.31 Å². The van der Waals surface area contributed by atoms with Crippen molar-refractivity contribution in [3.05, 3.63) is 39.7 Å². The topological polar surface area (TPSA) is 69.2 Å². The van der Waals surface area contributed by atoms with Crippen LogP contribution in [0.25, 0.3) is 0 Å². The van der Waals surface area contributed by atoms with Crippen molar-refractivity contribution in [2.75, 3.05) is 6.54 Å². The molecule has 5 heteroatoms. The number of nitrogens with two attached hydrogens (primary N) is 1. The minimum absolute atomic E-state index is 0.0528. The van der Waals surface area contributed by atoms with Crippen LogP contribution >= 0.6 is 0 Å². The lowest BCUT2D eigenvalue weighted by Gasteiger charge is -2.22. The molecule has 2 N–H and O–H groups in total. The van der Waals surface area contributed by atoms with Crippen LogP contribution in [0.5, 0.6) is 0 Å². The molecule has 0 unspecified atom stereocenters. The maximum Gasteiger partial charge on any atom is 0.272 e. The molecular formula is C11H15FN2O2. The summed E-state index contributed by atoms with van der Waals surface area (Å²) >= 11 is 0. The first-order valence-corrected chi connectivity index (χ1v) is 4.98. The van der Waals surface area contributed by atoms with Gasteiger partial charge < -0.3 is 5.73 Å². The zero-order valence-electron chi connectivity index (χ0n) is 9.37. The lowest BCUT2D eigenvalue weighted by Crippen LogP contribution is -2.26. The predicted octanol–water partition coefficient (Wildman–Crippen LogP) is 2.26. The van der Waals surface area contributed by atoms with Gasteiger partial charge in [0.1, 0.15) is 5.82 Å². The highest BCUT2D eigenvalue weighted by atomic mass is 19.1. The van der Waals surface area contributed by atoms with Crippen LogP contribution in [-0.4, -0.2) is 11.5 Å². The lowest BCUT2D eigenvalue weighted by molar-refractivity contribution is -0.385. The first-order valence-electron chi connectivity index (χ1n) is 4.98. The van der Waals surface area contributed by atoms with Crippen LogP contribution in [0.1, 0.15) is 19.4 Å². The summed E-state index contributed by atoms with van der Waals surface area (Å²) in [5.74, 6) is -0.464. The van der Waals surface area contributed by atoms with Gasteiger partial charge in [-0.25, -0.2) is 4.39 Å². The van der Waals surface area contributed by atoms with E-state index in [0.29, 0.717) is 18.5 Å². The summed E-state index contributed by atoms with van der Waals surface area (Å²) in [6, 6.07) is 3.49. The number of rotatable bonds is 4. The molecule has 1 rings (SSSR count). The summed E-state index contributed by atoms with van der Waals surface area (Å²) in [4.78, 5) is 10.3. The molecule has 0 amide bonds. The summed E-state index contributed by atoms with van der Waals surface area (Å²) in [6.07, 6.45) is 0.386. The summed E-state index contributed by atoms with van der Waals surface area (Å²) in [7, 11) is 0. The summed E-state index contributed by atoms with van der Waals surface area (Å²) < 4.78 is 13.0. The second-order valence-electron chi connectivity index (χ2n) is 4.58. The third kappa shape index (κ3) is 3.00. The Morgan fingerprint density at radius 1 is 1.50 bits per heavy atom. The van der Waals surface area contributed by atoms with Crippen LogP contribution in [0.2, 0.25) is 0 Å². The van der Waals surface area contributed by atoms with Gasteiger partial charge in [0.15, 0.2) is 0 Å². The largest absolute Gasteiger partial charge is 0.330 e. The van der Waals surface area contributed by atoms with Crippen molar-refractivity contribution in [1.82, 2.24) is 0 Å². The minimum Gasteiger partial charge on any atom is -0.330 e. The molecule has 0 radical (unpaired) electrons. The van der Waals surface area contributed by atoms with Crippen molar-refractivity contribution in [3.8, 4) is 0 Å². The van der Waals surface area contributed by atoms with Crippen molar-refractivity contribution >= 4 is 5.69 Å². The van der Waals surface area contributed by atoms with Crippen LogP contribution in [0.15, 0.2) is 18.2 Å². The van der Waals surface area contributed by atoms with E-state index in [1.165, 1.54) is 12.1 Å². The average molecular weight is 226 g/mol. The minimum atomic E-state index is -0.499. The number of hydrogen-bond acceptors (Lipinski definition) is 3. The smallest absolute Gasteiger partial charge is 0.272 e. The highest BCUT2D eigenvalue weighted by Crippen LogP contribution is 2.27. The zero-order chi connectivity index (χ0) is 12.3. The molecule has 0 aliphatic carbocycles. The maximum atomic E-state index is 13.0. The van der Waals surface area contributed by atoms with Gasteiger partial charge in [0.05, 0.1) is 4.92 Å². The highest BCUT2D eigenvalue weighted by molar-refractivity contribution is 5.40. The van der Waals surface area contributed by atoms with Crippen LogP contribution in [0.3, 0.4) is 0 Å². The second-order valence-corrected chi connectivity index (χ2v) is 4.58. The number of hydrogen-bond donors (Lipinski definition) is 1. The van der Waals surface area contributed by atoms with E-state index in [9.17, 15) is 14.5 Å². The van der Waals surface area contributed by atoms with Crippen molar-refractivity contribution in [2.45, 2.75) is 20.3 Å². The monoisotopic (exact) mass is 226 g/mol.